The molecule has 3 rings (SSSR count). The zero-order valence-corrected chi connectivity index (χ0v) is 13.6. The highest BCUT2D eigenvalue weighted by Gasteiger charge is 2.19. The number of thioether (sulfide) groups is 1. The minimum atomic E-state index is -0.259. The molecule has 0 saturated carbocycles. The molecule has 1 aliphatic heterocycles. The van der Waals surface area contributed by atoms with Gasteiger partial charge in [0.2, 0.25) is 0 Å². The van der Waals surface area contributed by atoms with Gasteiger partial charge in [0.15, 0.2) is 5.17 Å². The van der Waals surface area contributed by atoms with Gasteiger partial charge in [-0.15, -0.1) is 0 Å². The number of hydrogen-bond donors (Lipinski definition) is 1. The fraction of sp³-hybridized carbons (Fsp3) is 0.188. The smallest absolute Gasteiger partial charge is 0.161 e. The highest BCUT2D eigenvalue weighted by atomic mass is 79.9. The van der Waals surface area contributed by atoms with Crippen molar-refractivity contribution in [2.75, 3.05) is 11.1 Å². The van der Waals surface area contributed by atoms with E-state index in [2.05, 4.69) is 38.4 Å². The second-order valence-corrected chi connectivity index (χ2v) is 6.70. The number of amidine groups is 1. The summed E-state index contributed by atoms with van der Waals surface area (Å²) in [7, 11) is 0. The van der Waals surface area contributed by atoms with Crippen molar-refractivity contribution in [1.82, 2.24) is 0 Å². The maximum atomic E-state index is 13.3. The highest BCUT2D eigenvalue weighted by Crippen LogP contribution is 2.27. The summed E-state index contributed by atoms with van der Waals surface area (Å²) in [5.41, 5.74) is 2.00. The van der Waals surface area contributed by atoms with Crippen LogP contribution in [-0.4, -0.2) is 17.0 Å². The van der Waals surface area contributed by atoms with Gasteiger partial charge in [0.1, 0.15) is 5.82 Å². The molecule has 1 atom stereocenters. The normalized spacial score (nSPS) is 17.6. The van der Waals surface area contributed by atoms with Gasteiger partial charge >= 0.3 is 0 Å². The summed E-state index contributed by atoms with van der Waals surface area (Å²) in [4.78, 5) is 4.67. The molecule has 0 aromatic heterocycles. The Morgan fingerprint density at radius 3 is 2.86 bits per heavy atom. The predicted octanol–water partition coefficient (Wildman–Crippen LogP) is 4.71. The molecule has 108 valence electrons. The molecule has 0 spiro atoms. The first-order chi connectivity index (χ1) is 10.2. The first-order valence-electron chi connectivity index (χ1n) is 6.67. The third kappa shape index (κ3) is 3.86. The van der Waals surface area contributed by atoms with Gasteiger partial charge in [-0.3, -0.25) is 4.99 Å². The molecule has 1 N–H and O–H groups in total. The topological polar surface area (TPSA) is 24.4 Å². The zero-order valence-electron chi connectivity index (χ0n) is 11.2. The summed E-state index contributed by atoms with van der Waals surface area (Å²) in [6, 6.07) is 15.2. The Bertz CT molecular complexity index is 661. The minimum absolute atomic E-state index is 0.259. The predicted molar refractivity (Wildman–Crippen MR) is 91.5 cm³/mol. The molecule has 0 fully saturated rings. The zero-order chi connectivity index (χ0) is 14.7. The van der Waals surface area contributed by atoms with E-state index in [-0.39, 0.29) is 11.9 Å². The summed E-state index contributed by atoms with van der Waals surface area (Å²) < 4.78 is 14.1. The third-order valence-corrected chi connectivity index (χ3v) is 4.92. The van der Waals surface area contributed by atoms with E-state index in [1.54, 1.807) is 17.8 Å². The lowest BCUT2D eigenvalue weighted by Gasteiger charge is -2.07. The van der Waals surface area contributed by atoms with E-state index in [4.69, 9.17) is 0 Å². The highest BCUT2D eigenvalue weighted by molar-refractivity contribution is 9.10. The van der Waals surface area contributed by atoms with Crippen LogP contribution in [0.1, 0.15) is 5.56 Å². The average molecular weight is 365 g/mol. The van der Waals surface area contributed by atoms with Crippen molar-refractivity contribution >= 4 is 38.5 Å². The van der Waals surface area contributed by atoms with Gasteiger partial charge in [0.05, 0.1) is 11.7 Å². The lowest BCUT2D eigenvalue weighted by atomic mass is 10.1. The van der Waals surface area contributed by atoms with E-state index < -0.39 is 0 Å². The number of nitrogens with one attached hydrogen (secondary N) is 1. The van der Waals surface area contributed by atoms with Crippen LogP contribution in [0.3, 0.4) is 0 Å². The SMILES string of the molecule is Fc1ccc(Br)c(NC2=NC(Cc3ccccc3)CS2)c1. The Hall–Kier alpha value is -1.33. The quantitative estimate of drug-likeness (QED) is 0.852. The molecule has 2 aromatic rings. The van der Waals surface area contributed by atoms with Crippen LogP contribution in [-0.2, 0) is 6.42 Å². The molecule has 1 unspecified atom stereocenters. The number of anilines is 1. The van der Waals surface area contributed by atoms with Crippen LogP contribution in [0.15, 0.2) is 58.0 Å². The molecule has 21 heavy (non-hydrogen) atoms. The van der Waals surface area contributed by atoms with Crippen LogP contribution >= 0.6 is 27.7 Å². The molecular formula is C16H14BrFN2S. The molecule has 2 nitrogen and oxygen atoms in total. The molecule has 1 heterocycles. The van der Waals surface area contributed by atoms with Crippen molar-refractivity contribution in [3.8, 4) is 0 Å². The van der Waals surface area contributed by atoms with Gasteiger partial charge in [0, 0.05) is 10.2 Å². The number of aliphatic imine (C=N–C) groups is 1. The molecule has 5 heteroatoms. The van der Waals surface area contributed by atoms with Crippen molar-refractivity contribution in [3.63, 3.8) is 0 Å². The van der Waals surface area contributed by atoms with Gasteiger partial charge in [-0.2, -0.15) is 0 Å². The van der Waals surface area contributed by atoms with Crippen LogP contribution in [0, 0.1) is 5.82 Å². The monoisotopic (exact) mass is 364 g/mol. The molecule has 0 radical (unpaired) electrons. The molecule has 0 saturated heterocycles. The van der Waals surface area contributed by atoms with Crippen LogP contribution in [0.2, 0.25) is 0 Å². The molecular weight excluding hydrogens is 351 g/mol. The lowest BCUT2D eigenvalue weighted by molar-refractivity contribution is 0.628. The first-order valence-corrected chi connectivity index (χ1v) is 8.45. The Kier molecular flexibility index (Phi) is 4.60. The number of nitrogens with zero attached hydrogens (tertiary/aromatic N) is 1. The largest absolute Gasteiger partial charge is 0.334 e. The number of halogens is 2. The van der Waals surface area contributed by atoms with E-state index in [9.17, 15) is 4.39 Å². The Morgan fingerprint density at radius 1 is 1.24 bits per heavy atom. The van der Waals surface area contributed by atoms with Crippen LogP contribution < -0.4 is 5.32 Å². The van der Waals surface area contributed by atoms with Crippen molar-refractivity contribution in [2.24, 2.45) is 4.99 Å². The summed E-state index contributed by atoms with van der Waals surface area (Å²) in [6.07, 6.45) is 0.934. The maximum Gasteiger partial charge on any atom is 0.161 e. The van der Waals surface area contributed by atoms with Crippen LogP contribution in [0.25, 0.3) is 0 Å². The summed E-state index contributed by atoms with van der Waals surface area (Å²) in [5, 5.41) is 4.04. The van der Waals surface area contributed by atoms with Gasteiger partial charge in [0.25, 0.3) is 0 Å². The number of rotatable bonds is 3. The molecule has 0 amide bonds. The van der Waals surface area contributed by atoms with Gasteiger partial charge in [-0.25, -0.2) is 4.39 Å². The van der Waals surface area contributed by atoms with E-state index in [0.717, 1.165) is 21.8 Å². The Labute approximate surface area is 136 Å². The van der Waals surface area contributed by atoms with Crippen LogP contribution in [0.5, 0.6) is 0 Å². The van der Waals surface area contributed by atoms with E-state index in [1.165, 1.54) is 17.7 Å². The van der Waals surface area contributed by atoms with Gasteiger partial charge in [-0.05, 0) is 46.1 Å². The third-order valence-electron chi connectivity index (χ3n) is 3.20. The summed E-state index contributed by atoms with van der Waals surface area (Å²) in [5.74, 6) is 0.689. The van der Waals surface area contributed by atoms with Gasteiger partial charge in [-0.1, -0.05) is 42.1 Å². The molecule has 1 aliphatic rings. The van der Waals surface area contributed by atoms with E-state index >= 15 is 0 Å². The minimum Gasteiger partial charge on any atom is -0.334 e. The van der Waals surface area contributed by atoms with Crippen molar-refractivity contribution < 1.29 is 4.39 Å². The van der Waals surface area contributed by atoms with Crippen molar-refractivity contribution in [3.05, 3.63) is 64.4 Å². The van der Waals surface area contributed by atoms with Crippen molar-refractivity contribution in [1.29, 1.82) is 0 Å². The first kappa shape index (κ1) is 14.6. The average Bonchev–Trinajstić information content (AvgIpc) is 2.91. The second kappa shape index (κ2) is 6.62. The summed E-state index contributed by atoms with van der Waals surface area (Å²) in [6.45, 7) is 0. The standard InChI is InChI=1S/C16H14BrFN2S/c17-14-7-6-12(18)9-15(14)20-16-19-13(10-21-16)8-11-4-2-1-3-5-11/h1-7,9,13H,8,10H2,(H,19,20). The Morgan fingerprint density at radius 2 is 2.05 bits per heavy atom. The molecule has 0 aliphatic carbocycles. The lowest BCUT2D eigenvalue weighted by Crippen LogP contribution is -2.08. The van der Waals surface area contributed by atoms with Gasteiger partial charge < -0.3 is 5.32 Å². The molecule has 0 bridgehead atoms. The fourth-order valence-corrected chi connectivity index (χ4v) is 3.48. The Balaban J connectivity index is 1.67. The van der Waals surface area contributed by atoms with E-state index in [1.807, 2.05) is 18.2 Å². The number of hydrogen-bond acceptors (Lipinski definition) is 3. The maximum absolute atomic E-state index is 13.3. The fourth-order valence-electron chi connectivity index (χ4n) is 2.18. The van der Waals surface area contributed by atoms with Crippen LogP contribution in [0.4, 0.5) is 10.1 Å². The summed E-state index contributed by atoms with van der Waals surface area (Å²) >= 11 is 5.09. The number of benzene rings is 2. The second-order valence-electron chi connectivity index (χ2n) is 4.84. The van der Waals surface area contributed by atoms with E-state index in [0.29, 0.717) is 5.69 Å². The van der Waals surface area contributed by atoms with Crippen molar-refractivity contribution in [2.45, 2.75) is 12.5 Å². The molecule has 2 aromatic carbocycles.